The molecule has 0 radical (unpaired) electrons. The predicted molar refractivity (Wildman–Crippen MR) is 70.7 cm³/mol. The molecule has 6 nitrogen and oxygen atoms in total. The van der Waals surface area contributed by atoms with Crippen molar-refractivity contribution >= 4 is 11.5 Å². The zero-order valence-corrected chi connectivity index (χ0v) is 10.9. The summed E-state index contributed by atoms with van der Waals surface area (Å²) in [6.45, 7) is 8.32. The molecule has 2 aromatic heterocycles. The van der Waals surface area contributed by atoms with Gasteiger partial charge in [-0.3, -0.25) is 0 Å². The highest BCUT2D eigenvalue weighted by Gasteiger charge is 2.19. The second kappa shape index (κ2) is 4.46. The second-order valence-corrected chi connectivity index (χ2v) is 4.73. The van der Waals surface area contributed by atoms with Crippen molar-refractivity contribution in [3.63, 3.8) is 0 Å². The Hall–Kier alpha value is -2.24. The molecule has 0 unspecified atom stereocenters. The number of fused-ring (bicyclic) bond motifs is 1. The molecule has 0 aliphatic carbocycles. The van der Waals surface area contributed by atoms with Crippen molar-refractivity contribution in [1.29, 1.82) is 0 Å². The summed E-state index contributed by atoms with van der Waals surface area (Å²) in [4.78, 5) is 12.9. The van der Waals surface area contributed by atoms with Crippen molar-refractivity contribution in [2.75, 3.05) is 31.1 Å². The van der Waals surface area contributed by atoms with Gasteiger partial charge in [0.15, 0.2) is 11.5 Å². The Balaban J connectivity index is 1.87. The fourth-order valence-corrected chi connectivity index (χ4v) is 2.42. The number of hydrogen-bond donors (Lipinski definition) is 0. The van der Waals surface area contributed by atoms with Crippen molar-refractivity contribution in [1.82, 2.24) is 19.3 Å². The maximum Gasteiger partial charge on any atom is 0.180 e. The zero-order valence-electron chi connectivity index (χ0n) is 10.9. The third kappa shape index (κ3) is 2.09. The van der Waals surface area contributed by atoms with Crippen LogP contribution in [0.5, 0.6) is 0 Å². The van der Waals surface area contributed by atoms with Gasteiger partial charge in [-0.2, -0.15) is 0 Å². The van der Waals surface area contributed by atoms with E-state index in [0.717, 1.165) is 30.2 Å². The number of aryl methyl sites for hydroxylation is 1. The number of nitrogens with zero attached hydrogens (tertiary/aromatic N) is 5. The quantitative estimate of drug-likeness (QED) is 0.709. The van der Waals surface area contributed by atoms with Crippen LogP contribution in [-0.2, 0) is 0 Å². The van der Waals surface area contributed by atoms with Crippen molar-refractivity contribution < 1.29 is 5.11 Å². The maximum absolute atomic E-state index is 11.2. The highest BCUT2D eigenvalue weighted by Crippen LogP contribution is 2.19. The molecule has 100 valence electrons. The molecule has 3 heterocycles. The average Bonchev–Trinajstić information content (AvgIpc) is 2.78. The molecular formula is C13H16N5O-. The Kier molecular flexibility index (Phi) is 2.77. The lowest BCUT2D eigenvalue weighted by atomic mass is 10.3. The second-order valence-electron chi connectivity index (χ2n) is 4.73. The van der Waals surface area contributed by atoms with Crippen LogP contribution >= 0.6 is 0 Å². The Morgan fingerprint density at radius 2 is 2.05 bits per heavy atom. The molecule has 0 N–H and O–H groups in total. The lowest BCUT2D eigenvalue weighted by molar-refractivity contribution is -0.332. The molecule has 1 saturated heterocycles. The van der Waals surface area contributed by atoms with Gasteiger partial charge >= 0.3 is 0 Å². The third-order valence-corrected chi connectivity index (χ3v) is 3.41. The van der Waals surface area contributed by atoms with E-state index in [0.29, 0.717) is 13.1 Å². The summed E-state index contributed by atoms with van der Waals surface area (Å²) in [5, 5.41) is 11.2. The topological polar surface area (TPSA) is 59.7 Å². The smallest absolute Gasteiger partial charge is 0.180 e. The molecule has 1 fully saturated rings. The summed E-state index contributed by atoms with van der Waals surface area (Å²) in [5.74, 6) is 0.772. The molecule has 1 aliphatic rings. The van der Waals surface area contributed by atoms with E-state index < -0.39 is 0 Å². The molecule has 19 heavy (non-hydrogen) atoms. The van der Waals surface area contributed by atoms with Gasteiger partial charge in [0.1, 0.15) is 0 Å². The largest absolute Gasteiger partial charge is 0.861 e. The lowest BCUT2D eigenvalue weighted by Crippen LogP contribution is -2.48. The van der Waals surface area contributed by atoms with E-state index in [1.165, 1.54) is 0 Å². The van der Waals surface area contributed by atoms with Gasteiger partial charge in [-0.05, 0) is 12.8 Å². The van der Waals surface area contributed by atoms with E-state index in [9.17, 15) is 5.11 Å². The Morgan fingerprint density at radius 1 is 1.32 bits per heavy atom. The van der Waals surface area contributed by atoms with Crippen LogP contribution in [0, 0.1) is 6.92 Å². The average molecular weight is 258 g/mol. The van der Waals surface area contributed by atoms with Gasteiger partial charge in [0.25, 0.3) is 0 Å². The van der Waals surface area contributed by atoms with E-state index in [1.807, 2.05) is 23.7 Å². The molecule has 0 saturated carbocycles. The van der Waals surface area contributed by atoms with Crippen molar-refractivity contribution in [3.05, 3.63) is 36.7 Å². The van der Waals surface area contributed by atoms with Gasteiger partial charge in [-0.25, -0.2) is 9.97 Å². The van der Waals surface area contributed by atoms with Crippen LogP contribution < -0.4 is 10.0 Å². The van der Waals surface area contributed by atoms with Gasteiger partial charge in [0.05, 0.1) is 5.69 Å². The highest BCUT2D eigenvalue weighted by atomic mass is 16.3. The van der Waals surface area contributed by atoms with E-state index in [1.54, 1.807) is 11.1 Å². The third-order valence-electron chi connectivity index (χ3n) is 3.41. The van der Waals surface area contributed by atoms with Crippen LogP contribution in [-0.4, -0.2) is 45.4 Å². The summed E-state index contributed by atoms with van der Waals surface area (Å²) < 4.78 is 1.98. The van der Waals surface area contributed by atoms with Gasteiger partial charge in [0, 0.05) is 44.8 Å². The molecule has 6 heteroatoms. The maximum atomic E-state index is 11.2. The van der Waals surface area contributed by atoms with Crippen LogP contribution in [0.2, 0.25) is 0 Å². The monoisotopic (exact) mass is 258 g/mol. The minimum atomic E-state index is -0.109. The van der Waals surface area contributed by atoms with Crippen LogP contribution in [0.25, 0.3) is 5.65 Å². The van der Waals surface area contributed by atoms with Gasteiger partial charge in [-0.15, -0.1) is 0 Å². The predicted octanol–water partition coefficient (Wildman–Crippen LogP) is -0.00878. The van der Waals surface area contributed by atoms with Crippen LogP contribution in [0.1, 0.15) is 5.69 Å². The number of piperazine rings is 1. The zero-order chi connectivity index (χ0) is 13.4. The molecule has 0 spiro atoms. The number of anilines is 1. The van der Waals surface area contributed by atoms with Crippen molar-refractivity contribution in [3.8, 4) is 0 Å². The van der Waals surface area contributed by atoms with Crippen LogP contribution in [0.3, 0.4) is 0 Å². The molecule has 1 aliphatic heterocycles. The minimum Gasteiger partial charge on any atom is -0.861 e. The number of rotatable bonds is 2. The summed E-state index contributed by atoms with van der Waals surface area (Å²) in [5.41, 5.74) is 1.84. The Morgan fingerprint density at radius 3 is 2.74 bits per heavy atom. The molecule has 0 bridgehead atoms. The first kappa shape index (κ1) is 11.8. The fourth-order valence-electron chi connectivity index (χ4n) is 2.42. The molecule has 0 amide bonds. The number of hydrogen-bond acceptors (Lipinski definition) is 5. The van der Waals surface area contributed by atoms with Gasteiger partial charge in [0.2, 0.25) is 0 Å². The number of imidazole rings is 1. The standard InChI is InChI=1S/C13H17N5O/c1-10-9-18-4-3-14-12(13(18)15-10)17-7-5-16(6-8-17)11(2)19/h3-4,9,19H,2,5-8H2,1H3/p-1. The molecule has 0 atom stereocenters. The fraction of sp³-hybridized carbons (Fsp3) is 0.385. The SMILES string of the molecule is C=C([O-])N1CCN(c2nccn3cc(C)nc23)CC1. The van der Waals surface area contributed by atoms with Gasteiger partial charge < -0.3 is 19.3 Å². The Bertz CT molecular complexity index is 613. The highest BCUT2D eigenvalue weighted by molar-refractivity contribution is 5.64. The summed E-state index contributed by atoms with van der Waals surface area (Å²) in [7, 11) is 0. The van der Waals surface area contributed by atoms with Crippen LogP contribution in [0.15, 0.2) is 31.1 Å². The normalized spacial score (nSPS) is 16.1. The first-order valence-electron chi connectivity index (χ1n) is 6.31. The summed E-state index contributed by atoms with van der Waals surface area (Å²) >= 11 is 0. The van der Waals surface area contributed by atoms with E-state index in [4.69, 9.17) is 0 Å². The van der Waals surface area contributed by atoms with Crippen molar-refractivity contribution in [2.24, 2.45) is 0 Å². The number of aromatic nitrogens is 3. The molecule has 3 rings (SSSR count). The first-order chi connectivity index (χ1) is 9.15. The Labute approximate surface area is 111 Å². The van der Waals surface area contributed by atoms with E-state index in [2.05, 4.69) is 21.4 Å². The molecule has 2 aromatic rings. The van der Waals surface area contributed by atoms with Crippen molar-refractivity contribution in [2.45, 2.75) is 6.92 Å². The lowest BCUT2D eigenvalue weighted by Gasteiger charge is -2.39. The molecular weight excluding hydrogens is 242 g/mol. The molecule has 0 aromatic carbocycles. The van der Waals surface area contributed by atoms with Crippen LogP contribution in [0.4, 0.5) is 5.82 Å². The minimum absolute atomic E-state index is 0.109. The summed E-state index contributed by atoms with van der Waals surface area (Å²) in [6, 6.07) is 0. The summed E-state index contributed by atoms with van der Waals surface area (Å²) in [6.07, 6.45) is 5.66. The van der Waals surface area contributed by atoms with E-state index >= 15 is 0 Å². The van der Waals surface area contributed by atoms with E-state index in [-0.39, 0.29) is 5.88 Å². The first-order valence-corrected chi connectivity index (χ1v) is 6.31. The van der Waals surface area contributed by atoms with Gasteiger partial charge in [-0.1, -0.05) is 6.58 Å².